The highest BCUT2D eigenvalue weighted by Gasteiger charge is 2.65. The fourth-order valence-corrected chi connectivity index (χ4v) is 3.76. The van der Waals surface area contributed by atoms with Gasteiger partial charge in [0.25, 0.3) is 11.8 Å². The van der Waals surface area contributed by atoms with Gasteiger partial charge < -0.3 is 20.8 Å². The Kier molecular flexibility index (Phi) is 5.96. The molecule has 4 N–H and O–H groups in total. The fraction of sp³-hybridized carbons (Fsp3) is 0.350. The number of nitrogens with zero attached hydrogens (tertiary/aromatic N) is 2. The van der Waals surface area contributed by atoms with E-state index in [2.05, 4.69) is 4.99 Å². The van der Waals surface area contributed by atoms with Crippen LogP contribution in [0.3, 0.4) is 0 Å². The van der Waals surface area contributed by atoms with Crippen molar-refractivity contribution < 1.29 is 46.6 Å². The zero-order valence-corrected chi connectivity index (χ0v) is 17.1. The molecular formula is C20H18F5N3O5. The van der Waals surface area contributed by atoms with Gasteiger partial charge in [0.05, 0.1) is 5.36 Å². The van der Waals surface area contributed by atoms with Crippen molar-refractivity contribution in [2.24, 2.45) is 16.6 Å². The van der Waals surface area contributed by atoms with Gasteiger partial charge in [0.15, 0.2) is 17.2 Å². The smallest absolute Gasteiger partial charge is 0.417 e. The summed E-state index contributed by atoms with van der Waals surface area (Å²) in [5.41, 5.74) is 1.25. The second-order valence-corrected chi connectivity index (χ2v) is 7.69. The predicted octanol–water partition coefficient (Wildman–Crippen LogP) is 2.38. The molecule has 1 aliphatic rings. The molecule has 1 aromatic carbocycles. The molecule has 0 saturated carbocycles. The zero-order valence-electron chi connectivity index (χ0n) is 17.1. The van der Waals surface area contributed by atoms with Gasteiger partial charge in [0, 0.05) is 23.6 Å². The number of carbonyl (C=O) groups excluding carboxylic acids is 2. The van der Waals surface area contributed by atoms with Crippen molar-refractivity contribution >= 4 is 11.8 Å². The van der Waals surface area contributed by atoms with E-state index in [1.54, 1.807) is 0 Å². The molecule has 4 atom stereocenters. The Morgan fingerprint density at radius 1 is 1.24 bits per heavy atom. The van der Waals surface area contributed by atoms with Gasteiger partial charge >= 0.3 is 6.18 Å². The van der Waals surface area contributed by atoms with Crippen molar-refractivity contribution in [1.29, 1.82) is 0 Å². The number of pyridine rings is 1. The third-order valence-corrected chi connectivity index (χ3v) is 5.78. The van der Waals surface area contributed by atoms with Gasteiger partial charge in [0.2, 0.25) is 5.82 Å². The van der Waals surface area contributed by atoms with E-state index in [0.717, 1.165) is 31.3 Å². The number of nitrogens with two attached hydrogens (primary N) is 1. The summed E-state index contributed by atoms with van der Waals surface area (Å²) in [6.45, 7) is 1.78. The van der Waals surface area contributed by atoms with Gasteiger partial charge in [-0.3, -0.25) is 9.59 Å². The molecule has 0 unspecified atom stereocenters. The Balaban J connectivity index is 2.15. The number of benzene rings is 1. The number of amides is 2. The number of carbonyl (C=O) groups is 2. The molecule has 1 fully saturated rings. The van der Waals surface area contributed by atoms with Gasteiger partial charge in [-0.05, 0) is 25.1 Å². The lowest BCUT2D eigenvalue weighted by Gasteiger charge is -2.31. The van der Waals surface area contributed by atoms with E-state index in [0.29, 0.717) is 17.7 Å². The van der Waals surface area contributed by atoms with Gasteiger partial charge in [-0.2, -0.15) is 22.3 Å². The molecule has 1 aliphatic heterocycles. The minimum absolute atomic E-state index is 0.246. The van der Waals surface area contributed by atoms with E-state index >= 15 is 0 Å². The average molecular weight is 475 g/mol. The van der Waals surface area contributed by atoms with E-state index in [1.807, 2.05) is 0 Å². The molecule has 33 heavy (non-hydrogen) atoms. The third kappa shape index (κ3) is 4.03. The van der Waals surface area contributed by atoms with E-state index in [9.17, 15) is 41.9 Å². The lowest BCUT2D eigenvalue weighted by molar-refractivity contribution is -0.272. The lowest BCUT2D eigenvalue weighted by atomic mass is 9.77. The highest BCUT2D eigenvalue weighted by atomic mass is 19.4. The molecule has 0 radical (unpaired) electrons. The van der Waals surface area contributed by atoms with Crippen LogP contribution in [0.25, 0.3) is 0 Å². The van der Waals surface area contributed by atoms with Crippen molar-refractivity contribution in [3.63, 3.8) is 0 Å². The summed E-state index contributed by atoms with van der Waals surface area (Å²) in [5, 5.41) is 19.4. The highest BCUT2D eigenvalue weighted by molar-refractivity contribution is 5.91. The summed E-state index contributed by atoms with van der Waals surface area (Å²) in [6.07, 6.45) is -6.01. The van der Waals surface area contributed by atoms with E-state index in [4.69, 9.17) is 10.5 Å². The molecule has 8 nitrogen and oxygen atoms in total. The number of hydrogen-bond acceptors (Lipinski definition) is 5. The van der Waals surface area contributed by atoms with E-state index < -0.39 is 70.2 Å². The number of halogens is 5. The van der Waals surface area contributed by atoms with Crippen molar-refractivity contribution in [1.82, 2.24) is 4.73 Å². The summed E-state index contributed by atoms with van der Waals surface area (Å²) in [5.74, 6) is -9.81. The maximum absolute atomic E-state index is 14.0. The second kappa shape index (κ2) is 8.14. The van der Waals surface area contributed by atoms with Crippen molar-refractivity contribution in [2.75, 3.05) is 0 Å². The van der Waals surface area contributed by atoms with Gasteiger partial charge in [-0.25, -0.2) is 9.38 Å². The number of phenolic OH excluding ortho intramolecular Hbond substituents is 1. The second-order valence-electron chi connectivity index (χ2n) is 7.69. The topological polar surface area (TPSA) is 127 Å². The van der Waals surface area contributed by atoms with Crippen LogP contribution in [0.1, 0.15) is 35.8 Å². The lowest BCUT2D eigenvalue weighted by Crippen LogP contribution is -2.47. The van der Waals surface area contributed by atoms with E-state index in [1.165, 1.54) is 0 Å². The van der Waals surface area contributed by atoms with E-state index in [-0.39, 0.29) is 5.36 Å². The molecule has 1 aromatic heterocycles. The van der Waals surface area contributed by atoms with Gasteiger partial charge in [-0.1, -0.05) is 13.0 Å². The minimum Gasteiger partial charge on any atom is -0.505 e. The number of aromatic nitrogens is 1. The monoisotopic (exact) mass is 475 g/mol. The summed E-state index contributed by atoms with van der Waals surface area (Å²) in [6, 6.07) is 3.44. The zero-order chi connectivity index (χ0) is 24.9. The standard InChI is InChI=1S/C20H18F5N3O5/c1-8-13(10-3-4-11(21)14(22)15(10)29)16(33-19(8,2)20(23,24)25)18(31)27-9-5-6-28(32)12(7-9)17(26)30/h3-8,13,16,29,32H,1-2H3,(H2,26,30)/t8-,13+,16+,19-/m1/s1. The number of alkyl halides is 3. The molecule has 2 amide bonds. The largest absolute Gasteiger partial charge is 0.505 e. The molecule has 1 saturated heterocycles. The summed E-state index contributed by atoms with van der Waals surface area (Å²) >= 11 is 0. The molecule has 3 rings (SSSR count). The van der Waals surface area contributed by atoms with Crippen LogP contribution >= 0.6 is 0 Å². The van der Waals surface area contributed by atoms with Crippen LogP contribution in [0, 0.1) is 17.6 Å². The Morgan fingerprint density at radius 3 is 2.45 bits per heavy atom. The minimum atomic E-state index is -4.97. The molecule has 2 aromatic rings. The normalized spacial score (nSPS) is 25.9. The summed E-state index contributed by atoms with van der Waals surface area (Å²) in [7, 11) is 0. The van der Waals surface area contributed by atoms with Gasteiger partial charge in [-0.15, -0.1) is 0 Å². The Morgan fingerprint density at radius 2 is 1.88 bits per heavy atom. The Hall–Kier alpha value is -3.48. The number of ether oxygens (including phenoxy) is 1. The first-order valence-electron chi connectivity index (χ1n) is 9.40. The van der Waals surface area contributed by atoms with Crippen molar-refractivity contribution in [3.8, 4) is 5.75 Å². The van der Waals surface area contributed by atoms with Crippen LogP contribution in [-0.4, -0.2) is 44.7 Å². The van der Waals surface area contributed by atoms with Crippen LogP contribution in [0.4, 0.5) is 22.0 Å². The predicted molar refractivity (Wildman–Crippen MR) is 100.0 cm³/mol. The Labute approximate surface area is 182 Å². The molecule has 178 valence electrons. The maximum atomic E-state index is 14.0. The third-order valence-electron chi connectivity index (χ3n) is 5.78. The first-order valence-corrected chi connectivity index (χ1v) is 9.40. The first-order chi connectivity index (χ1) is 15.2. The van der Waals surface area contributed by atoms with Crippen molar-refractivity contribution in [3.05, 3.63) is 58.7 Å². The van der Waals surface area contributed by atoms with Gasteiger partial charge in [0.1, 0.15) is 11.8 Å². The molecule has 13 heteroatoms. The molecule has 0 aliphatic carbocycles. The number of primary amides is 1. The number of rotatable bonds is 3. The molecule has 2 heterocycles. The average Bonchev–Trinajstić information content (AvgIpc) is 3.00. The van der Waals surface area contributed by atoms with Crippen molar-refractivity contribution in [2.45, 2.75) is 37.6 Å². The maximum Gasteiger partial charge on any atom is 0.417 e. The number of hydrogen-bond donors (Lipinski definition) is 3. The molecule has 0 spiro atoms. The fourth-order valence-electron chi connectivity index (χ4n) is 3.76. The summed E-state index contributed by atoms with van der Waals surface area (Å²) < 4.78 is 74.4. The quantitative estimate of drug-likeness (QED) is 0.464. The van der Waals surface area contributed by atoms with Crippen LogP contribution in [0.5, 0.6) is 5.75 Å². The van der Waals surface area contributed by atoms with Crippen LogP contribution in [-0.2, 0) is 9.53 Å². The van der Waals surface area contributed by atoms with Crippen LogP contribution in [0.2, 0.25) is 0 Å². The van der Waals surface area contributed by atoms with Crippen LogP contribution < -0.4 is 11.1 Å². The number of phenols is 1. The van der Waals surface area contributed by atoms with Crippen LogP contribution in [0.15, 0.2) is 35.5 Å². The Bertz CT molecular complexity index is 1200. The summed E-state index contributed by atoms with van der Waals surface area (Å²) in [4.78, 5) is 27.9. The molecule has 0 bridgehead atoms. The molecular weight excluding hydrogens is 457 g/mol. The SMILES string of the molecule is C[C@@H]1[C@@H](c2ccc(F)c(F)c2O)[C@@H](C(=O)N=c2ccn(O)c(C(N)=O)c2)O[C@@]1(C)C(F)(F)F. The first kappa shape index (κ1) is 24.2. The number of aromatic hydroxyl groups is 1. The highest BCUT2D eigenvalue weighted by Crippen LogP contribution is 2.54.